The fraction of sp³-hybridized carbons (Fsp3) is 0.786. The molecule has 21 heavy (non-hydrogen) atoms. The molecular formula is C14H24O6S. The van der Waals surface area contributed by atoms with Crippen molar-refractivity contribution < 1.29 is 28.6 Å². The molecule has 0 bridgehead atoms. The quantitative estimate of drug-likeness (QED) is 0.569. The van der Waals surface area contributed by atoms with Crippen LogP contribution in [0.1, 0.15) is 41.5 Å². The summed E-state index contributed by atoms with van der Waals surface area (Å²) in [5.74, 6) is -1.59. The highest BCUT2D eigenvalue weighted by atomic mass is 32.2. The Balaban J connectivity index is 5.01. The van der Waals surface area contributed by atoms with Gasteiger partial charge in [0.05, 0.1) is 13.2 Å². The summed E-state index contributed by atoms with van der Waals surface area (Å²) in [6.07, 6.45) is -1.54. The van der Waals surface area contributed by atoms with Crippen molar-refractivity contribution in [2.45, 2.75) is 52.4 Å². The molecule has 122 valence electrons. The Kier molecular flexibility index (Phi) is 7.23. The number of hydrogen-bond acceptors (Lipinski definition) is 7. The Morgan fingerprint density at radius 2 is 1.57 bits per heavy atom. The predicted octanol–water partition coefficient (Wildman–Crippen LogP) is 2.79. The van der Waals surface area contributed by atoms with Crippen LogP contribution in [0, 0.1) is 5.41 Å². The second kappa shape index (κ2) is 7.68. The Morgan fingerprint density at radius 3 is 1.95 bits per heavy atom. The van der Waals surface area contributed by atoms with Gasteiger partial charge in [-0.05, 0) is 20.8 Å². The molecule has 0 rings (SSSR count). The van der Waals surface area contributed by atoms with E-state index < -0.39 is 29.6 Å². The van der Waals surface area contributed by atoms with E-state index in [-0.39, 0.29) is 10.5 Å². The third kappa shape index (κ3) is 6.84. The first kappa shape index (κ1) is 19.8. The van der Waals surface area contributed by atoms with Gasteiger partial charge in [0, 0.05) is 10.5 Å². The highest BCUT2D eigenvalue weighted by molar-refractivity contribution is 8.00. The first-order valence-corrected chi connectivity index (χ1v) is 7.56. The van der Waals surface area contributed by atoms with Crippen LogP contribution in [0.2, 0.25) is 0 Å². The molecule has 0 aromatic heterocycles. The Hall–Kier alpha value is -1.24. The molecule has 0 aromatic carbocycles. The van der Waals surface area contributed by atoms with Crippen molar-refractivity contribution in [2.24, 2.45) is 5.41 Å². The molecule has 7 heteroatoms. The van der Waals surface area contributed by atoms with E-state index in [0.29, 0.717) is 0 Å². The van der Waals surface area contributed by atoms with Crippen molar-refractivity contribution >= 4 is 29.9 Å². The van der Waals surface area contributed by atoms with Gasteiger partial charge in [-0.2, -0.15) is 11.8 Å². The van der Waals surface area contributed by atoms with Gasteiger partial charge in [-0.25, -0.2) is 4.79 Å². The molecule has 0 spiro atoms. The van der Waals surface area contributed by atoms with Gasteiger partial charge in [0.1, 0.15) is 0 Å². The number of carbonyl (C=O) groups excluding carboxylic acids is 3. The maximum absolute atomic E-state index is 12.1. The molecule has 0 amide bonds. The van der Waals surface area contributed by atoms with Crippen molar-refractivity contribution in [1.82, 2.24) is 0 Å². The molecule has 6 nitrogen and oxygen atoms in total. The van der Waals surface area contributed by atoms with E-state index >= 15 is 0 Å². The lowest BCUT2D eigenvalue weighted by Crippen LogP contribution is -2.43. The van der Waals surface area contributed by atoms with Crippen LogP contribution in [-0.4, -0.2) is 41.8 Å². The Labute approximate surface area is 129 Å². The van der Waals surface area contributed by atoms with Crippen LogP contribution in [0.3, 0.4) is 0 Å². The van der Waals surface area contributed by atoms with E-state index in [1.54, 1.807) is 13.8 Å². The van der Waals surface area contributed by atoms with Crippen molar-refractivity contribution in [3.63, 3.8) is 0 Å². The zero-order chi connectivity index (χ0) is 16.8. The van der Waals surface area contributed by atoms with E-state index in [1.807, 2.05) is 20.8 Å². The van der Waals surface area contributed by atoms with Crippen molar-refractivity contribution in [3.05, 3.63) is 0 Å². The molecule has 0 radical (unpaired) electrons. The molecule has 0 heterocycles. The topological polar surface area (TPSA) is 78.9 Å². The van der Waals surface area contributed by atoms with Crippen LogP contribution in [0.4, 0.5) is 4.79 Å². The number of thioether (sulfide) groups is 1. The molecule has 0 fully saturated rings. The minimum absolute atomic E-state index is 0.136. The van der Waals surface area contributed by atoms with Crippen LogP contribution in [0.5, 0.6) is 0 Å². The maximum atomic E-state index is 12.1. The monoisotopic (exact) mass is 320 g/mol. The average Bonchev–Trinajstić information content (AvgIpc) is 2.32. The number of ether oxygens (including phenoxy) is 3. The fourth-order valence-corrected chi connectivity index (χ4v) is 2.15. The lowest BCUT2D eigenvalue weighted by atomic mass is 9.94. The normalized spacial score (nSPS) is 14.3. The summed E-state index contributed by atoms with van der Waals surface area (Å²) in [7, 11) is 1.18. The zero-order valence-electron chi connectivity index (χ0n) is 13.6. The van der Waals surface area contributed by atoms with Crippen molar-refractivity contribution in [3.8, 4) is 0 Å². The van der Waals surface area contributed by atoms with Crippen LogP contribution in [-0.2, 0) is 23.8 Å². The lowest BCUT2D eigenvalue weighted by molar-refractivity contribution is -0.165. The summed E-state index contributed by atoms with van der Waals surface area (Å²) in [6.45, 7) is 10.5. The largest absolute Gasteiger partial charge is 0.516 e. The summed E-state index contributed by atoms with van der Waals surface area (Å²) in [5.41, 5.74) is -1.57. The standard InChI is InChI=1S/C14H24O6S/c1-9(2)19-12(17)20-11(16)14(6,10(15)18-7)8-21-13(3,4)5/h9H,8H2,1-7H3. The zero-order valence-corrected chi connectivity index (χ0v) is 14.5. The van der Waals surface area contributed by atoms with E-state index in [2.05, 4.69) is 9.47 Å². The van der Waals surface area contributed by atoms with Gasteiger partial charge in [-0.15, -0.1) is 0 Å². The van der Waals surface area contributed by atoms with E-state index in [0.717, 1.165) is 0 Å². The number of methoxy groups -OCH3 is 1. The second-order valence-electron chi connectivity index (χ2n) is 6.03. The molecule has 0 N–H and O–H groups in total. The van der Waals surface area contributed by atoms with Crippen LogP contribution >= 0.6 is 11.8 Å². The smallest absolute Gasteiger partial charge is 0.468 e. The van der Waals surface area contributed by atoms with Gasteiger partial charge < -0.3 is 14.2 Å². The van der Waals surface area contributed by atoms with Crippen LogP contribution in [0.25, 0.3) is 0 Å². The average molecular weight is 320 g/mol. The van der Waals surface area contributed by atoms with Gasteiger partial charge >= 0.3 is 18.1 Å². The molecule has 0 saturated carbocycles. The van der Waals surface area contributed by atoms with E-state index in [4.69, 9.17) is 4.74 Å². The first-order valence-electron chi connectivity index (χ1n) is 6.57. The van der Waals surface area contributed by atoms with Crippen LogP contribution < -0.4 is 0 Å². The third-order valence-electron chi connectivity index (χ3n) is 2.39. The highest BCUT2D eigenvalue weighted by Crippen LogP contribution is 2.33. The van der Waals surface area contributed by atoms with Gasteiger partial charge in [-0.3, -0.25) is 9.59 Å². The van der Waals surface area contributed by atoms with E-state index in [1.165, 1.54) is 25.8 Å². The maximum Gasteiger partial charge on any atom is 0.516 e. The Morgan fingerprint density at radius 1 is 1.05 bits per heavy atom. The molecule has 1 atom stereocenters. The van der Waals surface area contributed by atoms with Gasteiger partial charge in [0.15, 0.2) is 5.41 Å². The molecule has 0 aliphatic rings. The number of carbonyl (C=O) groups is 3. The Bertz CT molecular complexity index is 399. The van der Waals surface area contributed by atoms with Crippen LogP contribution in [0.15, 0.2) is 0 Å². The minimum atomic E-state index is -1.57. The number of rotatable bonds is 5. The molecule has 0 aliphatic carbocycles. The van der Waals surface area contributed by atoms with E-state index in [9.17, 15) is 14.4 Å². The van der Waals surface area contributed by atoms with Crippen molar-refractivity contribution in [1.29, 1.82) is 0 Å². The SMILES string of the molecule is COC(=O)C(C)(CSC(C)(C)C)C(=O)OC(=O)OC(C)C. The lowest BCUT2D eigenvalue weighted by Gasteiger charge is -2.27. The third-order valence-corrected chi connectivity index (χ3v) is 3.98. The summed E-state index contributed by atoms with van der Waals surface area (Å²) in [5, 5.41) is 0. The molecule has 1 unspecified atom stereocenters. The van der Waals surface area contributed by atoms with Crippen molar-refractivity contribution in [2.75, 3.05) is 12.9 Å². The summed E-state index contributed by atoms with van der Waals surface area (Å²) in [4.78, 5) is 35.4. The minimum Gasteiger partial charge on any atom is -0.468 e. The second-order valence-corrected chi connectivity index (χ2v) is 7.83. The molecule has 0 saturated heterocycles. The number of esters is 2. The molecule has 0 aliphatic heterocycles. The van der Waals surface area contributed by atoms with Gasteiger partial charge in [0.2, 0.25) is 0 Å². The molecule has 0 aromatic rings. The summed E-state index contributed by atoms with van der Waals surface area (Å²) < 4.78 is 13.8. The molecular weight excluding hydrogens is 296 g/mol. The predicted molar refractivity (Wildman–Crippen MR) is 80.0 cm³/mol. The summed E-state index contributed by atoms with van der Waals surface area (Å²) in [6, 6.07) is 0. The fourth-order valence-electron chi connectivity index (χ4n) is 1.19. The summed E-state index contributed by atoms with van der Waals surface area (Å²) >= 11 is 1.40. The highest BCUT2D eigenvalue weighted by Gasteiger charge is 2.46. The van der Waals surface area contributed by atoms with Gasteiger partial charge in [-0.1, -0.05) is 20.8 Å². The van der Waals surface area contributed by atoms with Gasteiger partial charge in [0.25, 0.3) is 0 Å². The number of hydrogen-bond donors (Lipinski definition) is 0. The first-order chi connectivity index (χ1) is 9.42.